The van der Waals surface area contributed by atoms with Crippen molar-refractivity contribution in [2.75, 3.05) is 32.1 Å². The van der Waals surface area contributed by atoms with Gasteiger partial charge in [-0.25, -0.2) is 13.1 Å². The minimum Gasteiger partial charge on any atom is -0.399 e. The Labute approximate surface area is 107 Å². The molecule has 0 saturated heterocycles. The van der Waals surface area contributed by atoms with E-state index >= 15 is 0 Å². The van der Waals surface area contributed by atoms with Gasteiger partial charge in [0, 0.05) is 12.2 Å². The Balaban J connectivity index is 2.66. The predicted molar refractivity (Wildman–Crippen MR) is 68.7 cm³/mol. The van der Waals surface area contributed by atoms with Crippen molar-refractivity contribution in [1.29, 1.82) is 0 Å². The lowest BCUT2D eigenvalue weighted by Gasteiger charge is -2.10. The summed E-state index contributed by atoms with van der Waals surface area (Å²) >= 11 is 0. The van der Waals surface area contributed by atoms with Gasteiger partial charge in [-0.05, 0) is 24.6 Å². The summed E-state index contributed by atoms with van der Waals surface area (Å²) < 4.78 is 31.3. The average molecular weight is 274 g/mol. The smallest absolute Gasteiger partial charge is 0.240 e. The summed E-state index contributed by atoms with van der Waals surface area (Å²) in [5, 5.41) is 8.49. The molecule has 4 N–H and O–H groups in total. The summed E-state index contributed by atoms with van der Waals surface area (Å²) in [6, 6.07) is 4.73. The number of hydrogen-bond donors (Lipinski definition) is 3. The van der Waals surface area contributed by atoms with Gasteiger partial charge in [-0.1, -0.05) is 6.07 Å². The Morgan fingerprint density at radius 1 is 1.39 bits per heavy atom. The van der Waals surface area contributed by atoms with Crippen LogP contribution in [0.1, 0.15) is 5.56 Å². The van der Waals surface area contributed by atoms with Gasteiger partial charge in [0.15, 0.2) is 0 Å². The van der Waals surface area contributed by atoms with Crippen molar-refractivity contribution in [2.45, 2.75) is 11.8 Å². The van der Waals surface area contributed by atoms with Crippen LogP contribution in [-0.4, -0.2) is 39.9 Å². The van der Waals surface area contributed by atoms with Crippen LogP contribution in [0.4, 0.5) is 5.69 Å². The molecule has 0 aliphatic carbocycles. The number of nitrogen functional groups attached to an aromatic ring is 1. The maximum absolute atomic E-state index is 12.0. The summed E-state index contributed by atoms with van der Waals surface area (Å²) in [7, 11) is -3.57. The average Bonchev–Trinajstić information content (AvgIpc) is 2.32. The number of sulfonamides is 1. The molecule has 7 heteroatoms. The number of ether oxygens (including phenoxy) is 1. The lowest BCUT2D eigenvalue weighted by molar-refractivity contribution is 0.0961. The van der Waals surface area contributed by atoms with E-state index in [1.54, 1.807) is 19.1 Å². The summed E-state index contributed by atoms with van der Waals surface area (Å²) in [6.07, 6.45) is 0. The molecule has 0 aliphatic rings. The van der Waals surface area contributed by atoms with Crippen LogP contribution in [0.2, 0.25) is 0 Å². The minimum atomic E-state index is -3.57. The van der Waals surface area contributed by atoms with Gasteiger partial charge < -0.3 is 15.6 Å². The van der Waals surface area contributed by atoms with E-state index in [1.807, 2.05) is 0 Å². The fraction of sp³-hybridized carbons (Fsp3) is 0.455. The summed E-state index contributed by atoms with van der Waals surface area (Å²) in [5.74, 6) is 0. The fourth-order valence-electron chi connectivity index (χ4n) is 1.40. The van der Waals surface area contributed by atoms with Gasteiger partial charge >= 0.3 is 0 Å². The minimum absolute atomic E-state index is 0.0823. The van der Waals surface area contributed by atoms with Crippen molar-refractivity contribution < 1.29 is 18.3 Å². The van der Waals surface area contributed by atoms with Gasteiger partial charge in [0.05, 0.1) is 24.7 Å². The second-order valence-corrected chi connectivity index (χ2v) is 5.49. The summed E-state index contributed by atoms with van der Waals surface area (Å²) in [4.78, 5) is 0.171. The van der Waals surface area contributed by atoms with Crippen molar-refractivity contribution in [1.82, 2.24) is 4.72 Å². The van der Waals surface area contributed by atoms with E-state index < -0.39 is 10.0 Å². The first-order valence-corrected chi connectivity index (χ1v) is 7.00. The highest BCUT2D eigenvalue weighted by Crippen LogP contribution is 2.17. The van der Waals surface area contributed by atoms with Crippen molar-refractivity contribution in [3.8, 4) is 0 Å². The zero-order valence-corrected chi connectivity index (χ0v) is 11.0. The zero-order valence-electron chi connectivity index (χ0n) is 10.2. The van der Waals surface area contributed by atoms with Gasteiger partial charge in [0.1, 0.15) is 0 Å². The molecule has 0 bridgehead atoms. The van der Waals surface area contributed by atoms with Crippen molar-refractivity contribution in [2.24, 2.45) is 0 Å². The summed E-state index contributed by atoms with van der Waals surface area (Å²) in [6.45, 7) is 2.17. The molecule has 0 amide bonds. The SMILES string of the molecule is Cc1ccc(N)cc1S(=O)(=O)NCCOCCO. The lowest BCUT2D eigenvalue weighted by atomic mass is 10.2. The first-order chi connectivity index (χ1) is 8.47. The van der Waals surface area contributed by atoms with E-state index in [2.05, 4.69) is 4.72 Å². The maximum Gasteiger partial charge on any atom is 0.240 e. The lowest BCUT2D eigenvalue weighted by Crippen LogP contribution is -2.28. The molecule has 0 aliphatic heterocycles. The standard InChI is InChI=1S/C11H18N2O4S/c1-9-2-3-10(12)8-11(9)18(15,16)13-4-6-17-7-5-14/h2-3,8,13-14H,4-7,12H2,1H3. The third-order valence-electron chi connectivity index (χ3n) is 2.28. The number of aliphatic hydroxyl groups is 1. The molecule has 1 aromatic carbocycles. The van der Waals surface area contributed by atoms with Gasteiger partial charge in [-0.15, -0.1) is 0 Å². The molecule has 1 aromatic rings. The molecule has 0 spiro atoms. The molecule has 18 heavy (non-hydrogen) atoms. The highest BCUT2D eigenvalue weighted by molar-refractivity contribution is 7.89. The molecule has 0 radical (unpaired) electrons. The number of hydrogen-bond acceptors (Lipinski definition) is 5. The number of rotatable bonds is 7. The van der Waals surface area contributed by atoms with Gasteiger partial charge in [0.25, 0.3) is 0 Å². The van der Waals surface area contributed by atoms with Gasteiger partial charge in [0.2, 0.25) is 10.0 Å². The van der Waals surface area contributed by atoms with E-state index in [1.165, 1.54) is 6.07 Å². The van der Waals surface area contributed by atoms with Crippen LogP contribution in [0, 0.1) is 6.92 Å². The van der Waals surface area contributed by atoms with Crippen LogP contribution in [0.25, 0.3) is 0 Å². The molecule has 1 rings (SSSR count). The number of anilines is 1. The Morgan fingerprint density at radius 3 is 2.78 bits per heavy atom. The molecule has 0 fully saturated rings. The third kappa shape index (κ3) is 4.26. The van der Waals surface area contributed by atoms with E-state index in [0.29, 0.717) is 11.3 Å². The maximum atomic E-state index is 12.0. The Kier molecular flexibility index (Phi) is 5.54. The highest BCUT2D eigenvalue weighted by atomic mass is 32.2. The van der Waals surface area contributed by atoms with E-state index in [0.717, 1.165) is 0 Å². The number of nitrogens with one attached hydrogen (secondary N) is 1. The van der Waals surface area contributed by atoms with E-state index in [-0.39, 0.29) is 31.3 Å². The molecule has 0 unspecified atom stereocenters. The quantitative estimate of drug-likeness (QED) is 0.474. The fourth-order valence-corrected chi connectivity index (χ4v) is 2.69. The van der Waals surface area contributed by atoms with Crippen LogP contribution in [0.3, 0.4) is 0 Å². The summed E-state index contributed by atoms with van der Waals surface area (Å²) in [5.41, 5.74) is 6.61. The van der Waals surface area contributed by atoms with E-state index in [9.17, 15) is 8.42 Å². The second-order valence-electron chi connectivity index (χ2n) is 3.76. The Bertz CT molecular complexity index is 488. The Morgan fingerprint density at radius 2 is 2.11 bits per heavy atom. The number of aliphatic hydroxyl groups excluding tert-OH is 1. The normalized spacial score (nSPS) is 11.7. The zero-order chi connectivity index (χ0) is 13.6. The van der Waals surface area contributed by atoms with Crippen LogP contribution in [0.5, 0.6) is 0 Å². The van der Waals surface area contributed by atoms with Crippen LogP contribution >= 0.6 is 0 Å². The molecule has 0 heterocycles. The topological polar surface area (TPSA) is 102 Å². The van der Waals surface area contributed by atoms with Crippen LogP contribution < -0.4 is 10.5 Å². The third-order valence-corrected chi connectivity index (χ3v) is 3.88. The molecule has 0 aromatic heterocycles. The molecule has 0 saturated carbocycles. The van der Waals surface area contributed by atoms with Crippen LogP contribution in [-0.2, 0) is 14.8 Å². The number of aryl methyl sites for hydroxylation is 1. The Hall–Kier alpha value is -1.15. The largest absolute Gasteiger partial charge is 0.399 e. The van der Waals surface area contributed by atoms with E-state index in [4.69, 9.17) is 15.6 Å². The molecule has 0 atom stereocenters. The van der Waals surface area contributed by atoms with Crippen molar-refractivity contribution >= 4 is 15.7 Å². The number of benzene rings is 1. The van der Waals surface area contributed by atoms with Gasteiger partial charge in [-0.3, -0.25) is 0 Å². The van der Waals surface area contributed by atoms with Crippen molar-refractivity contribution in [3.05, 3.63) is 23.8 Å². The highest BCUT2D eigenvalue weighted by Gasteiger charge is 2.16. The molecule has 102 valence electrons. The van der Waals surface area contributed by atoms with Gasteiger partial charge in [-0.2, -0.15) is 0 Å². The monoisotopic (exact) mass is 274 g/mol. The first-order valence-electron chi connectivity index (χ1n) is 5.52. The van der Waals surface area contributed by atoms with Crippen molar-refractivity contribution in [3.63, 3.8) is 0 Å². The van der Waals surface area contributed by atoms with Crippen LogP contribution in [0.15, 0.2) is 23.1 Å². The molecular formula is C11H18N2O4S. The molecule has 6 nitrogen and oxygen atoms in total. The predicted octanol–water partition coefficient (Wildman–Crippen LogP) is -0.136. The second kappa shape index (κ2) is 6.69. The first kappa shape index (κ1) is 14.9. The number of nitrogens with two attached hydrogens (primary N) is 1. The molecular weight excluding hydrogens is 256 g/mol.